The fraction of sp³-hybridized carbons (Fsp3) is 0.400. The van der Waals surface area contributed by atoms with Gasteiger partial charge in [0.05, 0.1) is 10.2 Å². The van der Waals surface area contributed by atoms with E-state index in [1.165, 1.54) is 18.2 Å². The van der Waals surface area contributed by atoms with E-state index in [4.69, 9.17) is 5.11 Å². The maximum atomic E-state index is 12.9. The first kappa shape index (κ1) is 14.4. The first-order valence-corrected chi connectivity index (χ1v) is 7.45. The van der Waals surface area contributed by atoms with Gasteiger partial charge in [-0.1, -0.05) is 0 Å². The molecular weight excluding hydrogens is 313 g/mol. The summed E-state index contributed by atoms with van der Waals surface area (Å²) in [6.07, 6.45) is 0.822. The number of nitrogens with one attached hydrogen (secondary N) is 1. The average Bonchev–Trinajstić information content (AvgIpc) is 2.23. The summed E-state index contributed by atoms with van der Waals surface area (Å²) in [6, 6.07) is 3.89. The summed E-state index contributed by atoms with van der Waals surface area (Å²) in [5, 5.41) is 8.56. The number of hydrogen-bond donors (Lipinski definition) is 2. The summed E-state index contributed by atoms with van der Waals surface area (Å²) >= 11 is 2.97. The van der Waals surface area contributed by atoms with Crippen LogP contribution in [0.3, 0.4) is 0 Å². The largest absolute Gasteiger partial charge is 0.396 e. The number of aliphatic hydroxyl groups excluding tert-OH is 1. The van der Waals surface area contributed by atoms with Gasteiger partial charge in [0.1, 0.15) is 5.82 Å². The highest BCUT2D eigenvalue weighted by Crippen LogP contribution is 2.20. The number of benzene rings is 1. The van der Waals surface area contributed by atoms with Crippen LogP contribution in [0.15, 0.2) is 22.7 Å². The van der Waals surface area contributed by atoms with Crippen molar-refractivity contribution >= 4 is 31.6 Å². The summed E-state index contributed by atoms with van der Waals surface area (Å²) in [6.45, 7) is -0.0301. The monoisotopic (exact) mass is 325 g/mol. The Labute approximate surface area is 108 Å². The maximum absolute atomic E-state index is 12.9. The Morgan fingerprint density at radius 3 is 2.65 bits per heavy atom. The Kier molecular flexibility index (Phi) is 5.35. The number of halogens is 2. The number of anilines is 1. The van der Waals surface area contributed by atoms with Crippen LogP contribution in [0.2, 0.25) is 0 Å². The van der Waals surface area contributed by atoms with Crippen molar-refractivity contribution in [2.75, 3.05) is 17.1 Å². The van der Waals surface area contributed by atoms with Crippen molar-refractivity contribution in [3.8, 4) is 0 Å². The molecule has 0 amide bonds. The van der Waals surface area contributed by atoms with Gasteiger partial charge in [-0.05, 0) is 47.0 Å². The first-order chi connectivity index (χ1) is 7.94. The Morgan fingerprint density at radius 1 is 1.35 bits per heavy atom. The van der Waals surface area contributed by atoms with E-state index in [0.29, 0.717) is 18.5 Å². The second-order valence-electron chi connectivity index (χ2n) is 3.48. The van der Waals surface area contributed by atoms with Crippen LogP contribution in [0.1, 0.15) is 12.8 Å². The van der Waals surface area contributed by atoms with Gasteiger partial charge in [0.2, 0.25) is 10.0 Å². The van der Waals surface area contributed by atoms with Gasteiger partial charge in [0.25, 0.3) is 0 Å². The maximum Gasteiger partial charge on any atom is 0.232 e. The predicted molar refractivity (Wildman–Crippen MR) is 67.8 cm³/mol. The van der Waals surface area contributed by atoms with Crippen LogP contribution in [0.5, 0.6) is 0 Å². The van der Waals surface area contributed by atoms with Gasteiger partial charge in [-0.25, -0.2) is 12.8 Å². The minimum absolute atomic E-state index is 0.0301. The molecule has 1 rings (SSSR count). The quantitative estimate of drug-likeness (QED) is 0.787. The molecule has 0 bridgehead atoms. The zero-order valence-electron chi connectivity index (χ0n) is 8.99. The molecule has 7 heteroatoms. The van der Waals surface area contributed by atoms with Gasteiger partial charge >= 0.3 is 0 Å². The third kappa shape index (κ3) is 5.01. The van der Waals surface area contributed by atoms with E-state index in [9.17, 15) is 12.8 Å². The molecule has 0 spiro atoms. The van der Waals surface area contributed by atoms with E-state index in [2.05, 4.69) is 20.7 Å². The number of sulfonamides is 1. The van der Waals surface area contributed by atoms with Crippen molar-refractivity contribution in [1.82, 2.24) is 0 Å². The van der Waals surface area contributed by atoms with Crippen LogP contribution in [-0.2, 0) is 10.0 Å². The molecule has 4 nitrogen and oxygen atoms in total. The number of unbranched alkanes of at least 4 members (excludes halogenated alkanes) is 1. The molecule has 0 radical (unpaired) electrons. The van der Waals surface area contributed by atoms with E-state index in [1.807, 2.05) is 0 Å². The van der Waals surface area contributed by atoms with Gasteiger partial charge in [-0.15, -0.1) is 0 Å². The zero-order valence-corrected chi connectivity index (χ0v) is 11.4. The Bertz CT molecular complexity index is 478. The van der Waals surface area contributed by atoms with Crippen molar-refractivity contribution in [3.63, 3.8) is 0 Å². The molecule has 0 heterocycles. The Morgan fingerprint density at radius 2 is 2.06 bits per heavy atom. The second kappa shape index (κ2) is 6.32. The third-order valence-electron chi connectivity index (χ3n) is 2.01. The van der Waals surface area contributed by atoms with Crippen LogP contribution in [-0.4, -0.2) is 25.9 Å². The molecule has 0 aliphatic carbocycles. The zero-order chi connectivity index (χ0) is 12.9. The lowest BCUT2D eigenvalue weighted by molar-refractivity contribution is 0.287. The first-order valence-electron chi connectivity index (χ1n) is 5.01. The summed E-state index contributed by atoms with van der Waals surface area (Å²) in [7, 11) is -3.44. The van der Waals surface area contributed by atoms with E-state index >= 15 is 0 Å². The van der Waals surface area contributed by atoms with Gasteiger partial charge < -0.3 is 5.11 Å². The summed E-state index contributed by atoms with van der Waals surface area (Å²) in [5.74, 6) is -0.518. The van der Waals surface area contributed by atoms with Crippen LogP contribution >= 0.6 is 15.9 Å². The molecule has 0 fully saturated rings. The van der Waals surface area contributed by atoms with Crippen molar-refractivity contribution in [2.45, 2.75) is 12.8 Å². The molecule has 0 aliphatic rings. The normalized spacial score (nSPS) is 11.5. The lowest BCUT2D eigenvalue weighted by atomic mass is 10.3. The van der Waals surface area contributed by atoms with Crippen molar-refractivity contribution in [1.29, 1.82) is 0 Å². The highest BCUT2D eigenvalue weighted by Gasteiger charge is 2.10. The highest BCUT2D eigenvalue weighted by atomic mass is 79.9. The van der Waals surface area contributed by atoms with E-state index in [0.717, 1.165) is 0 Å². The third-order valence-corrected chi connectivity index (χ3v) is 3.99. The molecule has 1 aromatic carbocycles. The van der Waals surface area contributed by atoms with Crippen LogP contribution in [0, 0.1) is 5.82 Å². The fourth-order valence-corrected chi connectivity index (χ4v) is 2.75. The molecule has 1 aromatic rings. The van der Waals surface area contributed by atoms with Gasteiger partial charge in [-0.3, -0.25) is 4.72 Å². The Hall–Kier alpha value is -0.660. The second-order valence-corrected chi connectivity index (χ2v) is 6.18. The number of aliphatic hydroxyl groups is 1. The summed E-state index contributed by atoms with van der Waals surface area (Å²) < 4.78 is 38.6. The van der Waals surface area contributed by atoms with Gasteiger partial charge in [0, 0.05) is 12.3 Å². The summed E-state index contributed by atoms with van der Waals surface area (Å²) in [5.41, 5.74) is 0.308. The molecule has 0 saturated heterocycles. The van der Waals surface area contributed by atoms with E-state index < -0.39 is 15.8 Å². The molecular formula is C10H13BrFNO3S. The minimum atomic E-state index is -3.44. The lowest BCUT2D eigenvalue weighted by Crippen LogP contribution is -2.17. The number of hydrogen-bond acceptors (Lipinski definition) is 3. The van der Waals surface area contributed by atoms with Crippen LogP contribution in [0.4, 0.5) is 10.1 Å². The molecule has 0 unspecified atom stereocenters. The van der Waals surface area contributed by atoms with Gasteiger partial charge in [0.15, 0.2) is 0 Å². The Balaban J connectivity index is 2.66. The molecule has 0 saturated carbocycles. The number of rotatable bonds is 6. The van der Waals surface area contributed by atoms with Crippen LogP contribution < -0.4 is 4.72 Å². The SMILES string of the molecule is O=S(=O)(CCCCO)Nc1ccc(F)c(Br)c1. The van der Waals surface area contributed by atoms with Crippen molar-refractivity contribution in [3.05, 3.63) is 28.5 Å². The molecule has 0 aromatic heterocycles. The van der Waals surface area contributed by atoms with Gasteiger partial charge in [-0.2, -0.15) is 0 Å². The average molecular weight is 326 g/mol. The molecule has 17 heavy (non-hydrogen) atoms. The van der Waals surface area contributed by atoms with Crippen molar-refractivity contribution in [2.24, 2.45) is 0 Å². The summed E-state index contributed by atoms with van der Waals surface area (Å²) in [4.78, 5) is 0. The predicted octanol–water partition coefficient (Wildman–Crippen LogP) is 2.10. The molecule has 0 aliphatic heterocycles. The molecule has 96 valence electrons. The minimum Gasteiger partial charge on any atom is -0.396 e. The smallest absolute Gasteiger partial charge is 0.232 e. The van der Waals surface area contributed by atoms with Crippen molar-refractivity contribution < 1.29 is 17.9 Å². The molecule has 0 atom stereocenters. The van der Waals surface area contributed by atoms with E-state index in [-0.39, 0.29) is 16.8 Å². The standard InChI is InChI=1S/C10H13BrFNO3S/c11-9-7-8(3-4-10(9)12)13-17(15,16)6-2-1-5-14/h3-4,7,13-14H,1-2,5-6H2. The lowest BCUT2D eigenvalue weighted by Gasteiger charge is -2.08. The highest BCUT2D eigenvalue weighted by molar-refractivity contribution is 9.10. The fourth-order valence-electron chi connectivity index (χ4n) is 1.19. The molecule has 2 N–H and O–H groups in total. The van der Waals surface area contributed by atoms with Crippen LogP contribution in [0.25, 0.3) is 0 Å². The van der Waals surface area contributed by atoms with E-state index in [1.54, 1.807) is 0 Å². The topological polar surface area (TPSA) is 66.4 Å².